The number of hydrogen-bond acceptors (Lipinski definition) is 4. The van der Waals surface area contributed by atoms with Crippen molar-refractivity contribution in [2.75, 3.05) is 6.61 Å². The fourth-order valence-corrected chi connectivity index (χ4v) is 3.22. The second kappa shape index (κ2) is 12.1. The molecule has 2 aromatic carbocycles. The van der Waals surface area contributed by atoms with Gasteiger partial charge in [-0.2, -0.15) is 13.2 Å². The SMILES string of the molecule is CCOC(c1ccc(-c2cncc(F)c2)cc1)C(N)c1ccc(Cl)c(Cl)c1.O=C(O)C(F)(F)F. The van der Waals surface area contributed by atoms with Crippen LogP contribution in [0, 0.1) is 5.82 Å². The maximum Gasteiger partial charge on any atom is 0.490 e. The van der Waals surface area contributed by atoms with Gasteiger partial charge in [-0.25, -0.2) is 9.18 Å². The van der Waals surface area contributed by atoms with E-state index in [1.807, 2.05) is 37.3 Å². The first-order chi connectivity index (χ1) is 15.9. The van der Waals surface area contributed by atoms with Crippen LogP contribution in [0.2, 0.25) is 10.0 Å². The molecule has 5 nitrogen and oxygen atoms in total. The molecule has 0 amide bonds. The van der Waals surface area contributed by atoms with Crippen molar-refractivity contribution in [3.63, 3.8) is 0 Å². The number of alkyl halides is 3. The van der Waals surface area contributed by atoms with Crippen molar-refractivity contribution in [3.05, 3.63) is 87.9 Å². The first-order valence-electron chi connectivity index (χ1n) is 9.77. The molecular formula is C23H20Cl2F4N2O3. The number of carbonyl (C=O) groups is 1. The summed E-state index contributed by atoms with van der Waals surface area (Å²) in [7, 11) is 0. The van der Waals surface area contributed by atoms with Crippen LogP contribution in [0.3, 0.4) is 0 Å². The van der Waals surface area contributed by atoms with E-state index < -0.39 is 18.2 Å². The zero-order chi connectivity index (χ0) is 25.5. The average molecular weight is 519 g/mol. The number of rotatable bonds is 6. The van der Waals surface area contributed by atoms with Crippen LogP contribution in [-0.2, 0) is 9.53 Å². The molecule has 182 valence electrons. The van der Waals surface area contributed by atoms with Crippen molar-refractivity contribution in [2.24, 2.45) is 5.73 Å². The molecule has 0 fully saturated rings. The van der Waals surface area contributed by atoms with Crippen molar-refractivity contribution < 1.29 is 32.2 Å². The highest BCUT2D eigenvalue weighted by molar-refractivity contribution is 6.42. The van der Waals surface area contributed by atoms with E-state index in [-0.39, 0.29) is 11.9 Å². The van der Waals surface area contributed by atoms with Gasteiger partial charge in [0.05, 0.1) is 22.3 Å². The van der Waals surface area contributed by atoms with E-state index in [0.717, 1.165) is 16.7 Å². The summed E-state index contributed by atoms with van der Waals surface area (Å²) in [6.07, 6.45) is -2.63. The fourth-order valence-electron chi connectivity index (χ4n) is 2.92. The van der Waals surface area contributed by atoms with Crippen LogP contribution < -0.4 is 5.73 Å². The Morgan fingerprint density at radius 2 is 1.62 bits per heavy atom. The molecule has 1 aromatic heterocycles. The van der Waals surface area contributed by atoms with Gasteiger partial charge in [0.2, 0.25) is 0 Å². The molecule has 0 saturated heterocycles. The molecule has 0 aliphatic rings. The number of nitrogens with two attached hydrogens (primary N) is 1. The molecule has 1 heterocycles. The minimum absolute atomic E-state index is 0.355. The van der Waals surface area contributed by atoms with Gasteiger partial charge in [-0.15, -0.1) is 0 Å². The average Bonchev–Trinajstić information content (AvgIpc) is 2.79. The number of halogens is 6. The normalized spacial score (nSPS) is 12.9. The summed E-state index contributed by atoms with van der Waals surface area (Å²) in [5.74, 6) is -3.13. The molecule has 34 heavy (non-hydrogen) atoms. The van der Waals surface area contributed by atoms with Crippen molar-refractivity contribution in [1.82, 2.24) is 4.98 Å². The summed E-state index contributed by atoms with van der Waals surface area (Å²) in [5.41, 5.74) is 9.79. The molecule has 0 bridgehead atoms. The number of nitrogens with zero attached hydrogens (tertiary/aromatic N) is 1. The van der Waals surface area contributed by atoms with Crippen LogP contribution >= 0.6 is 23.2 Å². The first-order valence-corrected chi connectivity index (χ1v) is 10.5. The van der Waals surface area contributed by atoms with E-state index in [1.165, 1.54) is 12.3 Å². The van der Waals surface area contributed by atoms with E-state index >= 15 is 0 Å². The lowest BCUT2D eigenvalue weighted by molar-refractivity contribution is -0.192. The molecule has 0 aliphatic carbocycles. The predicted octanol–water partition coefficient (Wildman–Crippen LogP) is 6.61. The summed E-state index contributed by atoms with van der Waals surface area (Å²) >= 11 is 12.1. The number of aliphatic carboxylic acids is 1. The van der Waals surface area contributed by atoms with Crippen molar-refractivity contribution in [1.29, 1.82) is 0 Å². The minimum atomic E-state index is -5.08. The number of ether oxygens (including phenoxy) is 1. The van der Waals surface area contributed by atoms with Gasteiger partial charge in [0.1, 0.15) is 11.9 Å². The highest BCUT2D eigenvalue weighted by atomic mass is 35.5. The Morgan fingerprint density at radius 3 is 2.12 bits per heavy atom. The zero-order valence-electron chi connectivity index (χ0n) is 17.7. The first kappa shape index (κ1) is 27.5. The third-order valence-corrected chi connectivity index (χ3v) is 5.26. The standard InChI is InChI=1S/C21H19Cl2FN2O.C2HF3O2/c1-2-27-21(20(25)15-7-8-18(22)19(23)10-15)14-5-3-13(4-6-14)16-9-17(24)12-26-11-16;3-2(4,5)1(6)7/h3-12,20-21H,2,25H2,1H3;(H,6,7). The largest absolute Gasteiger partial charge is 0.490 e. The van der Waals surface area contributed by atoms with Crippen LogP contribution in [0.4, 0.5) is 17.6 Å². The molecule has 0 spiro atoms. The van der Waals surface area contributed by atoms with E-state index in [9.17, 15) is 17.6 Å². The second-order valence-electron chi connectivity index (χ2n) is 6.89. The van der Waals surface area contributed by atoms with Gasteiger partial charge in [0.15, 0.2) is 0 Å². The Kier molecular flexibility index (Phi) is 9.81. The molecule has 11 heteroatoms. The Morgan fingerprint density at radius 1 is 1.03 bits per heavy atom. The molecule has 2 unspecified atom stereocenters. The quantitative estimate of drug-likeness (QED) is 0.359. The van der Waals surface area contributed by atoms with Crippen LogP contribution in [0.5, 0.6) is 0 Å². The third kappa shape index (κ3) is 7.66. The van der Waals surface area contributed by atoms with Gasteiger partial charge in [0, 0.05) is 18.4 Å². The van der Waals surface area contributed by atoms with Crippen LogP contribution in [0.15, 0.2) is 60.9 Å². The van der Waals surface area contributed by atoms with Gasteiger partial charge in [0.25, 0.3) is 0 Å². The smallest absolute Gasteiger partial charge is 0.475 e. The van der Waals surface area contributed by atoms with Gasteiger partial charge >= 0.3 is 12.1 Å². The summed E-state index contributed by atoms with van der Waals surface area (Å²) in [5, 5.41) is 8.06. The Bertz CT molecular complexity index is 1110. The highest BCUT2D eigenvalue weighted by Gasteiger charge is 2.38. The van der Waals surface area contributed by atoms with Crippen molar-refractivity contribution >= 4 is 29.2 Å². The molecular weight excluding hydrogens is 499 g/mol. The number of hydrogen-bond donors (Lipinski definition) is 2. The third-order valence-electron chi connectivity index (χ3n) is 4.52. The lowest BCUT2D eigenvalue weighted by Gasteiger charge is -2.25. The maximum atomic E-state index is 13.4. The van der Waals surface area contributed by atoms with E-state index in [0.29, 0.717) is 22.2 Å². The number of aromatic nitrogens is 1. The van der Waals surface area contributed by atoms with Crippen molar-refractivity contribution in [3.8, 4) is 11.1 Å². The summed E-state index contributed by atoms with van der Waals surface area (Å²) in [6.45, 7) is 2.43. The lowest BCUT2D eigenvalue weighted by Crippen LogP contribution is -2.22. The summed E-state index contributed by atoms with van der Waals surface area (Å²) in [6, 6.07) is 14.0. The molecule has 2 atom stereocenters. The maximum absolute atomic E-state index is 13.4. The summed E-state index contributed by atoms with van der Waals surface area (Å²) < 4.78 is 51.0. The molecule has 3 aromatic rings. The predicted molar refractivity (Wildman–Crippen MR) is 121 cm³/mol. The molecule has 3 rings (SSSR count). The van der Waals surface area contributed by atoms with Crippen molar-refractivity contribution in [2.45, 2.75) is 25.2 Å². The van der Waals surface area contributed by atoms with Gasteiger partial charge in [-0.1, -0.05) is 53.5 Å². The minimum Gasteiger partial charge on any atom is -0.475 e. The van der Waals surface area contributed by atoms with Gasteiger partial charge in [-0.05, 0) is 41.8 Å². The molecule has 0 saturated carbocycles. The summed E-state index contributed by atoms with van der Waals surface area (Å²) in [4.78, 5) is 12.8. The van der Waals surface area contributed by atoms with Crippen LogP contribution in [-0.4, -0.2) is 28.8 Å². The fraction of sp³-hybridized carbons (Fsp3) is 0.217. The highest BCUT2D eigenvalue weighted by Crippen LogP contribution is 2.34. The van der Waals surface area contributed by atoms with Gasteiger partial charge < -0.3 is 15.6 Å². The second-order valence-corrected chi connectivity index (χ2v) is 7.71. The molecule has 0 aliphatic heterocycles. The molecule has 3 N–H and O–H groups in total. The van der Waals surface area contributed by atoms with E-state index in [2.05, 4.69) is 4.98 Å². The topological polar surface area (TPSA) is 85.4 Å². The number of carboxylic acids is 1. The van der Waals surface area contributed by atoms with Gasteiger partial charge in [-0.3, -0.25) is 4.98 Å². The zero-order valence-corrected chi connectivity index (χ0v) is 19.2. The van der Waals surface area contributed by atoms with Crippen LogP contribution in [0.1, 0.15) is 30.2 Å². The van der Waals surface area contributed by atoms with E-state index in [4.69, 9.17) is 43.6 Å². The Labute approximate surface area is 203 Å². The Balaban J connectivity index is 0.000000509. The number of carboxylic acid groups (broad SMARTS) is 1. The number of pyridine rings is 1. The molecule has 0 radical (unpaired) electrons. The lowest BCUT2D eigenvalue weighted by atomic mass is 9.95. The monoisotopic (exact) mass is 518 g/mol. The number of benzene rings is 2. The van der Waals surface area contributed by atoms with E-state index in [1.54, 1.807) is 18.3 Å². The Hall–Kier alpha value is -2.72. The van der Waals surface area contributed by atoms with Crippen LogP contribution in [0.25, 0.3) is 11.1 Å².